The van der Waals surface area contributed by atoms with Crippen molar-refractivity contribution in [3.8, 4) is 0 Å². The largest absolute Gasteiger partial charge is 0.339 e. The molecule has 0 aliphatic carbocycles. The first-order valence-electron chi connectivity index (χ1n) is 9.03. The van der Waals surface area contributed by atoms with Crippen molar-refractivity contribution in [2.45, 2.75) is 31.7 Å². The molecule has 2 aliphatic rings. The predicted octanol–water partition coefficient (Wildman–Crippen LogP) is 1.44. The summed E-state index contributed by atoms with van der Waals surface area (Å²) in [5.74, 6) is 0.623. The number of aromatic nitrogens is 1. The average Bonchev–Trinajstić information content (AvgIpc) is 2.61. The highest BCUT2D eigenvalue weighted by Crippen LogP contribution is 2.25. The number of sulfone groups is 1. The third kappa shape index (κ3) is 5.01. The molecule has 2 aliphatic heterocycles. The Kier molecular flexibility index (Phi) is 5.74. The number of rotatable bonds is 4. The standard InChI is InChI=1S/C18H27N3O3S/c1-25(23,24)14-15-3-2-10-21(13-15)17-6-11-20(12-7-17)18(22)16-4-8-19-9-5-16/h4-5,8-9,15,17H,2-3,6-7,10-14H2,1H3. The van der Waals surface area contributed by atoms with E-state index in [-0.39, 0.29) is 11.8 Å². The zero-order valence-corrected chi connectivity index (χ0v) is 15.6. The quantitative estimate of drug-likeness (QED) is 0.807. The highest BCUT2D eigenvalue weighted by atomic mass is 32.2. The van der Waals surface area contributed by atoms with E-state index in [2.05, 4.69) is 9.88 Å². The minimum absolute atomic E-state index is 0.0782. The van der Waals surface area contributed by atoms with E-state index in [4.69, 9.17) is 0 Å². The number of piperidine rings is 2. The van der Waals surface area contributed by atoms with Gasteiger partial charge >= 0.3 is 0 Å². The van der Waals surface area contributed by atoms with Gasteiger partial charge in [0.15, 0.2) is 0 Å². The van der Waals surface area contributed by atoms with E-state index < -0.39 is 9.84 Å². The Morgan fingerprint density at radius 3 is 2.48 bits per heavy atom. The van der Waals surface area contributed by atoms with Gasteiger partial charge in [-0.15, -0.1) is 0 Å². The normalized spacial score (nSPS) is 23.6. The lowest BCUT2D eigenvalue weighted by molar-refractivity contribution is 0.0543. The lowest BCUT2D eigenvalue weighted by atomic mass is 9.95. The van der Waals surface area contributed by atoms with Gasteiger partial charge in [-0.1, -0.05) is 0 Å². The maximum absolute atomic E-state index is 12.5. The summed E-state index contributed by atoms with van der Waals surface area (Å²) in [4.78, 5) is 20.8. The van der Waals surface area contributed by atoms with Gasteiger partial charge in [0.2, 0.25) is 0 Å². The number of nitrogens with zero attached hydrogens (tertiary/aromatic N) is 3. The minimum Gasteiger partial charge on any atom is -0.339 e. The van der Waals surface area contributed by atoms with Crippen LogP contribution < -0.4 is 0 Å². The molecule has 1 atom stereocenters. The van der Waals surface area contributed by atoms with Crippen molar-refractivity contribution in [3.05, 3.63) is 30.1 Å². The van der Waals surface area contributed by atoms with Gasteiger partial charge in [-0.25, -0.2) is 8.42 Å². The van der Waals surface area contributed by atoms with Crippen LogP contribution in [0.1, 0.15) is 36.0 Å². The lowest BCUT2D eigenvalue weighted by Gasteiger charge is -2.42. The Labute approximate surface area is 150 Å². The molecular formula is C18H27N3O3S. The molecule has 7 heteroatoms. The van der Waals surface area contributed by atoms with E-state index >= 15 is 0 Å². The highest BCUT2D eigenvalue weighted by Gasteiger charge is 2.31. The number of carbonyl (C=O) groups is 1. The molecule has 2 saturated heterocycles. The summed E-state index contributed by atoms with van der Waals surface area (Å²) in [6.45, 7) is 3.44. The first-order valence-corrected chi connectivity index (χ1v) is 11.1. The molecule has 0 aromatic carbocycles. The van der Waals surface area contributed by atoms with Gasteiger partial charge in [-0.3, -0.25) is 14.7 Å². The molecule has 1 unspecified atom stereocenters. The van der Waals surface area contributed by atoms with Gasteiger partial charge in [0.05, 0.1) is 5.75 Å². The maximum atomic E-state index is 12.5. The van der Waals surface area contributed by atoms with E-state index in [0.29, 0.717) is 17.4 Å². The van der Waals surface area contributed by atoms with Crippen LogP contribution in [-0.4, -0.2) is 73.3 Å². The van der Waals surface area contributed by atoms with Gasteiger partial charge in [0.25, 0.3) is 5.91 Å². The van der Waals surface area contributed by atoms with Crippen LogP contribution in [0.2, 0.25) is 0 Å². The van der Waals surface area contributed by atoms with Crippen LogP contribution in [0, 0.1) is 5.92 Å². The monoisotopic (exact) mass is 365 g/mol. The molecule has 0 radical (unpaired) electrons. The summed E-state index contributed by atoms with van der Waals surface area (Å²) >= 11 is 0. The molecule has 1 aromatic rings. The Morgan fingerprint density at radius 2 is 1.84 bits per heavy atom. The van der Waals surface area contributed by atoms with Crippen LogP contribution >= 0.6 is 0 Å². The summed E-state index contributed by atoms with van der Waals surface area (Å²) in [7, 11) is -2.91. The molecule has 0 spiro atoms. The Bertz CT molecular complexity index is 685. The van der Waals surface area contributed by atoms with E-state index in [9.17, 15) is 13.2 Å². The van der Waals surface area contributed by atoms with Gasteiger partial charge in [-0.05, 0) is 50.3 Å². The summed E-state index contributed by atoms with van der Waals surface area (Å²) in [6.07, 6.45) is 8.62. The Morgan fingerprint density at radius 1 is 1.16 bits per heavy atom. The van der Waals surface area contributed by atoms with Crippen molar-refractivity contribution in [2.24, 2.45) is 5.92 Å². The second-order valence-corrected chi connectivity index (χ2v) is 9.54. The molecule has 0 bridgehead atoms. The van der Waals surface area contributed by atoms with Gasteiger partial charge in [-0.2, -0.15) is 0 Å². The fraction of sp³-hybridized carbons (Fsp3) is 0.667. The summed E-state index contributed by atoms with van der Waals surface area (Å²) < 4.78 is 23.1. The average molecular weight is 365 g/mol. The molecule has 6 nitrogen and oxygen atoms in total. The van der Waals surface area contributed by atoms with Crippen molar-refractivity contribution < 1.29 is 13.2 Å². The molecule has 3 heterocycles. The zero-order chi connectivity index (χ0) is 17.9. The first-order chi connectivity index (χ1) is 11.9. The van der Waals surface area contributed by atoms with Gasteiger partial charge in [0.1, 0.15) is 9.84 Å². The molecule has 1 aromatic heterocycles. The smallest absolute Gasteiger partial charge is 0.253 e. The number of amides is 1. The maximum Gasteiger partial charge on any atom is 0.253 e. The predicted molar refractivity (Wildman–Crippen MR) is 97.2 cm³/mol. The topological polar surface area (TPSA) is 70.6 Å². The molecule has 0 N–H and O–H groups in total. The Balaban J connectivity index is 1.52. The van der Waals surface area contributed by atoms with Crippen LogP contribution in [0.3, 0.4) is 0 Å². The summed E-state index contributed by atoms with van der Waals surface area (Å²) in [6, 6.07) is 3.98. The van der Waals surface area contributed by atoms with E-state index in [1.54, 1.807) is 24.5 Å². The third-order valence-electron chi connectivity index (χ3n) is 5.28. The van der Waals surface area contributed by atoms with Crippen LogP contribution in [0.25, 0.3) is 0 Å². The van der Waals surface area contributed by atoms with E-state index in [1.807, 2.05) is 4.90 Å². The van der Waals surface area contributed by atoms with Crippen molar-refractivity contribution in [3.63, 3.8) is 0 Å². The highest BCUT2D eigenvalue weighted by molar-refractivity contribution is 7.90. The number of hydrogen-bond acceptors (Lipinski definition) is 5. The Hall–Kier alpha value is -1.47. The number of pyridine rings is 1. The van der Waals surface area contributed by atoms with Crippen molar-refractivity contribution in [1.82, 2.24) is 14.8 Å². The second-order valence-electron chi connectivity index (χ2n) is 7.35. The molecule has 1 amide bonds. The molecule has 2 fully saturated rings. The van der Waals surface area contributed by atoms with Crippen LogP contribution in [0.4, 0.5) is 0 Å². The number of likely N-dealkylation sites (tertiary alicyclic amines) is 2. The second kappa shape index (κ2) is 7.83. The van der Waals surface area contributed by atoms with Crippen molar-refractivity contribution in [2.75, 3.05) is 38.2 Å². The summed E-state index contributed by atoms with van der Waals surface area (Å²) in [5.41, 5.74) is 0.694. The van der Waals surface area contributed by atoms with Gasteiger partial charge in [0, 0.05) is 49.9 Å². The lowest BCUT2D eigenvalue weighted by Crippen LogP contribution is -2.50. The molecule has 138 valence electrons. The molecular weight excluding hydrogens is 338 g/mol. The van der Waals surface area contributed by atoms with Crippen LogP contribution in [0.5, 0.6) is 0 Å². The van der Waals surface area contributed by atoms with Crippen LogP contribution in [0.15, 0.2) is 24.5 Å². The third-order valence-corrected chi connectivity index (χ3v) is 6.36. The van der Waals surface area contributed by atoms with Crippen LogP contribution in [-0.2, 0) is 9.84 Å². The number of hydrogen-bond donors (Lipinski definition) is 0. The molecule has 0 saturated carbocycles. The molecule has 3 rings (SSSR count). The SMILES string of the molecule is CS(=O)(=O)CC1CCCN(C2CCN(C(=O)c3ccncc3)CC2)C1. The van der Waals surface area contributed by atoms with Gasteiger partial charge < -0.3 is 4.90 Å². The fourth-order valence-corrected chi connectivity index (χ4v) is 5.23. The zero-order valence-electron chi connectivity index (χ0n) is 14.8. The minimum atomic E-state index is -2.91. The van der Waals surface area contributed by atoms with Crippen molar-refractivity contribution >= 4 is 15.7 Å². The van der Waals surface area contributed by atoms with E-state index in [1.165, 1.54) is 6.26 Å². The van der Waals surface area contributed by atoms with E-state index in [0.717, 1.165) is 51.9 Å². The first kappa shape index (κ1) is 18.3. The fourth-order valence-electron chi connectivity index (χ4n) is 4.10. The molecule has 25 heavy (non-hydrogen) atoms. The summed E-state index contributed by atoms with van der Waals surface area (Å²) in [5, 5.41) is 0. The number of carbonyl (C=O) groups excluding carboxylic acids is 1. The van der Waals surface area contributed by atoms with Crippen molar-refractivity contribution in [1.29, 1.82) is 0 Å².